The van der Waals surface area contributed by atoms with Crippen LogP contribution >= 0.6 is 0 Å². The topological polar surface area (TPSA) is 66.3 Å². The molecular formula is C18H24N6O. The van der Waals surface area contributed by atoms with Crippen LogP contribution in [0.4, 0.5) is 4.79 Å². The third kappa shape index (κ3) is 3.66. The van der Waals surface area contributed by atoms with Gasteiger partial charge in [-0.3, -0.25) is 14.6 Å². The summed E-state index contributed by atoms with van der Waals surface area (Å²) in [5, 5.41) is 7.56. The van der Waals surface area contributed by atoms with Gasteiger partial charge in [-0.25, -0.2) is 4.79 Å². The first-order chi connectivity index (χ1) is 12.3. The summed E-state index contributed by atoms with van der Waals surface area (Å²) in [5.74, 6) is 0. The quantitative estimate of drug-likeness (QED) is 0.919. The number of urea groups is 1. The van der Waals surface area contributed by atoms with Crippen LogP contribution in [-0.4, -0.2) is 56.8 Å². The molecule has 0 aliphatic carbocycles. The number of fused-ring (bicyclic) bond motifs is 1. The van der Waals surface area contributed by atoms with Crippen LogP contribution in [-0.2, 0) is 13.1 Å². The molecular weight excluding hydrogens is 316 g/mol. The maximum absolute atomic E-state index is 12.3. The van der Waals surface area contributed by atoms with Crippen LogP contribution in [0, 0.1) is 0 Å². The van der Waals surface area contributed by atoms with Gasteiger partial charge in [-0.1, -0.05) is 6.07 Å². The Morgan fingerprint density at radius 2 is 2.08 bits per heavy atom. The summed E-state index contributed by atoms with van der Waals surface area (Å²) in [6.07, 6.45) is 5.89. The molecule has 25 heavy (non-hydrogen) atoms. The lowest BCUT2D eigenvalue weighted by molar-refractivity contribution is 0.159. The molecule has 7 nitrogen and oxygen atoms in total. The largest absolute Gasteiger partial charge is 0.336 e. The van der Waals surface area contributed by atoms with E-state index in [4.69, 9.17) is 0 Å². The fourth-order valence-electron chi connectivity index (χ4n) is 3.69. The third-order valence-electron chi connectivity index (χ3n) is 4.95. The van der Waals surface area contributed by atoms with Crippen LogP contribution in [0.15, 0.2) is 36.7 Å². The summed E-state index contributed by atoms with van der Waals surface area (Å²) in [6, 6.07) is 8.26. The van der Waals surface area contributed by atoms with Crippen molar-refractivity contribution in [2.24, 2.45) is 0 Å². The van der Waals surface area contributed by atoms with Crippen molar-refractivity contribution in [2.75, 3.05) is 26.2 Å². The smallest absolute Gasteiger partial charge is 0.317 e. The molecule has 0 spiro atoms. The van der Waals surface area contributed by atoms with E-state index in [-0.39, 0.29) is 12.1 Å². The summed E-state index contributed by atoms with van der Waals surface area (Å²) >= 11 is 0. The van der Waals surface area contributed by atoms with Gasteiger partial charge in [0.25, 0.3) is 0 Å². The maximum Gasteiger partial charge on any atom is 0.317 e. The molecule has 2 aliphatic rings. The number of amides is 2. The second-order valence-corrected chi connectivity index (χ2v) is 6.79. The lowest BCUT2D eigenvalue weighted by Gasteiger charge is -2.34. The SMILES string of the molecule is O=C(NC[C@H]1CN(Cc2ccccn2)Cc2ccnn21)N1CCCC1. The van der Waals surface area contributed by atoms with Gasteiger partial charge < -0.3 is 10.2 Å². The number of hydrogen-bond donors (Lipinski definition) is 1. The van der Waals surface area contributed by atoms with E-state index < -0.39 is 0 Å². The molecule has 2 aromatic rings. The Labute approximate surface area is 147 Å². The van der Waals surface area contributed by atoms with Crippen LogP contribution in [0.2, 0.25) is 0 Å². The standard InChI is InChI=1S/C18H24N6O/c25-18(23-9-3-4-10-23)20-11-17-14-22(12-15-5-1-2-7-19-15)13-16-6-8-21-24(16)17/h1-2,5-8,17H,3-4,9-14H2,(H,20,25)/t17-/m0/s1. The van der Waals surface area contributed by atoms with E-state index in [0.29, 0.717) is 6.54 Å². The first-order valence-corrected chi connectivity index (χ1v) is 8.97. The number of carbonyl (C=O) groups excluding carboxylic acids is 1. The highest BCUT2D eigenvalue weighted by atomic mass is 16.2. The summed E-state index contributed by atoms with van der Waals surface area (Å²) in [7, 11) is 0. The van der Waals surface area contributed by atoms with Crippen molar-refractivity contribution < 1.29 is 4.79 Å². The van der Waals surface area contributed by atoms with Gasteiger partial charge in [-0.2, -0.15) is 5.10 Å². The van der Waals surface area contributed by atoms with Crippen LogP contribution in [0.25, 0.3) is 0 Å². The Morgan fingerprint density at radius 1 is 1.20 bits per heavy atom. The highest BCUT2D eigenvalue weighted by Gasteiger charge is 2.27. The molecule has 2 amide bonds. The van der Waals surface area contributed by atoms with E-state index in [2.05, 4.69) is 37.1 Å². The van der Waals surface area contributed by atoms with Gasteiger partial charge in [0.15, 0.2) is 0 Å². The number of carbonyl (C=O) groups is 1. The second-order valence-electron chi connectivity index (χ2n) is 6.79. The van der Waals surface area contributed by atoms with E-state index in [1.54, 1.807) is 0 Å². The van der Waals surface area contributed by atoms with Crippen molar-refractivity contribution >= 4 is 6.03 Å². The molecule has 4 rings (SSSR count). The summed E-state index contributed by atoms with van der Waals surface area (Å²) < 4.78 is 2.05. The number of hydrogen-bond acceptors (Lipinski definition) is 4. The molecule has 0 unspecified atom stereocenters. The van der Waals surface area contributed by atoms with Gasteiger partial charge in [0.2, 0.25) is 0 Å². The van der Waals surface area contributed by atoms with Crippen molar-refractivity contribution in [3.8, 4) is 0 Å². The number of rotatable bonds is 4. The van der Waals surface area contributed by atoms with Crippen molar-refractivity contribution in [1.29, 1.82) is 0 Å². The van der Waals surface area contributed by atoms with E-state index in [9.17, 15) is 4.79 Å². The molecule has 0 saturated carbocycles. The van der Waals surface area contributed by atoms with E-state index >= 15 is 0 Å². The first kappa shape index (κ1) is 16.1. The molecule has 0 radical (unpaired) electrons. The minimum atomic E-state index is 0.0491. The van der Waals surface area contributed by atoms with Crippen LogP contribution in [0.3, 0.4) is 0 Å². The monoisotopic (exact) mass is 340 g/mol. The number of aromatic nitrogens is 3. The lowest BCUT2D eigenvalue weighted by Crippen LogP contribution is -2.45. The normalized spacial score (nSPS) is 20.5. The summed E-state index contributed by atoms with van der Waals surface area (Å²) in [4.78, 5) is 21.0. The Morgan fingerprint density at radius 3 is 2.88 bits per heavy atom. The van der Waals surface area contributed by atoms with Crippen molar-refractivity contribution in [2.45, 2.75) is 32.0 Å². The molecule has 0 aromatic carbocycles. The maximum atomic E-state index is 12.3. The van der Waals surface area contributed by atoms with Gasteiger partial charge in [0, 0.05) is 51.7 Å². The lowest BCUT2D eigenvalue weighted by atomic mass is 10.1. The summed E-state index contributed by atoms with van der Waals surface area (Å²) in [6.45, 7) is 4.86. The van der Waals surface area contributed by atoms with Crippen LogP contribution in [0.1, 0.15) is 30.3 Å². The highest BCUT2D eigenvalue weighted by molar-refractivity contribution is 5.74. The molecule has 2 aliphatic heterocycles. The van der Waals surface area contributed by atoms with Gasteiger partial charge in [-0.15, -0.1) is 0 Å². The minimum Gasteiger partial charge on any atom is -0.336 e. The van der Waals surface area contributed by atoms with Crippen LogP contribution in [0.5, 0.6) is 0 Å². The van der Waals surface area contributed by atoms with Crippen LogP contribution < -0.4 is 5.32 Å². The van der Waals surface area contributed by atoms with Gasteiger partial charge >= 0.3 is 6.03 Å². The Hall–Kier alpha value is -2.41. The Bertz CT molecular complexity index is 709. The van der Waals surface area contributed by atoms with Crippen molar-refractivity contribution in [3.63, 3.8) is 0 Å². The summed E-state index contributed by atoms with van der Waals surface area (Å²) in [5.41, 5.74) is 2.25. The number of likely N-dealkylation sites (tertiary alicyclic amines) is 1. The molecule has 2 aromatic heterocycles. The first-order valence-electron chi connectivity index (χ1n) is 8.97. The molecule has 0 bridgehead atoms. The average molecular weight is 340 g/mol. The van der Waals surface area contributed by atoms with E-state index in [1.807, 2.05) is 29.4 Å². The predicted octanol–water partition coefficient (Wildman–Crippen LogP) is 1.64. The zero-order chi connectivity index (χ0) is 17.1. The van der Waals surface area contributed by atoms with E-state index in [0.717, 1.165) is 51.3 Å². The average Bonchev–Trinajstić information content (AvgIpc) is 3.32. The zero-order valence-corrected chi connectivity index (χ0v) is 14.3. The molecule has 1 saturated heterocycles. The fourth-order valence-corrected chi connectivity index (χ4v) is 3.69. The number of nitrogens with zero attached hydrogens (tertiary/aromatic N) is 5. The molecule has 7 heteroatoms. The molecule has 4 heterocycles. The second kappa shape index (κ2) is 7.23. The molecule has 1 atom stereocenters. The third-order valence-corrected chi connectivity index (χ3v) is 4.95. The zero-order valence-electron chi connectivity index (χ0n) is 14.3. The number of nitrogens with one attached hydrogen (secondary N) is 1. The Kier molecular flexibility index (Phi) is 4.65. The van der Waals surface area contributed by atoms with Gasteiger partial charge in [0.1, 0.15) is 0 Å². The van der Waals surface area contributed by atoms with E-state index in [1.165, 1.54) is 5.69 Å². The van der Waals surface area contributed by atoms with Gasteiger partial charge in [0.05, 0.1) is 17.4 Å². The fraction of sp³-hybridized carbons (Fsp3) is 0.500. The number of pyridine rings is 1. The Balaban J connectivity index is 1.41. The van der Waals surface area contributed by atoms with Crippen molar-refractivity contribution in [1.82, 2.24) is 29.9 Å². The predicted molar refractivity (Wildman–Crippen MR) is 93.8 cm³/mol. The molecule has 1 N–H and O–H groups in total. The van der Waals surface area contributed by atoms with Gasteiger partial charge in [-0.05, 0) is 31.0 Å². The molecule has 1 fully saturated rings. The van der Waals surface area contributed by atoms with Crippen molar-refractivity contribution in [3.05, 3.63) is 48.0 Å². The molecule has 132 valence electrons. The highest BCUT2D eigenvalue weighted by Crippen LogP contribution is 2.21. The minimum absolute atomic E-state index is 0.0491.